The average Bonchev–Trinajstić information content (AvgIpc) is 3.14. The number of thiophene rings is 1. The van der Waals surface area contributed by atoms with Gasteiger partial charge in [-0.1, -0.05) is 60.7 Å². The van der Waals surface area contributed by atoms with Crippen LogP contribution >= 0.6 is 11.3 Å². The van der Waals surface area contributed by atoms with E-state index in [2.05, 4.69) is 5.32 Å². The summed E-state index contributed by atoms with van der Waals surface area (Å²) in [6.07, 6.45) is 1.19. The molecule has 3 rings (SSSR count). The van der Waals surface area contributed by atoms with Gasteiger partial charge in [-0.3, -0.25) is 9.59 Å². The van der Waals surface area contributed by atoms with Crippen LogP contribution in [0, 0.1) is 0 Å². The van der Waals surface area contributed by atoms with Gasteiger partial charge >= 0.3 is 0 Å². The minimum Gasteiger partial charge on any atom is -0.351 e. The summed E-state index contributed by atoms with van der Waals surface area (Å²) in [4.78, 5) is 26.0. The van der Waals surface area contributed by atoms with Gasteiger partial charge in [0.1, 0.15) is 0 Å². The van der Waals surface area contributed by atoms with Crippen LogP contribution in [0.25, 0.3) is 0 Å². The Morgan fingerprint density at radius 3 is 2.24 bits per heavy atom. The first kappa shape index (κ1) is 17.1. The Morgan fingerprint density at radius 2 is 1.52 bits per heavy atom. The van der Waals surface area contributed by atoms with Gasteiger partial charge < -0.3 is 5.32 Å². The molecule has 1 amide bonds. The Balaban J connectivity index is 1.50. The predicted octanol–water partition coefficient (Wildman–Crippen LogP) is 4.23. The SMILES string of the molecule is O=C(CCc1ccccc1)NCc1ccc(C(=O)c2ccccc2)s1. The van der Waals surface area contributed by atoms with Crippen molar-refractivity contribution in [2.75, 3.05) is 0 Å². The first-order valence-electron chi connectivity index (χ1n) is 8.21. The van der Waals surface area contributed by atoms with E-state index in [1.807, 2.05) is 72.8 Å². The highest BCUT2D eigenvalue weighted by Crippen LogP contribution is 2.20. The van der Waals surface area contributed by atoms with E-state index in [-0.39, 0.29) is 11.7 Å². The second-order valence-electron chi connectivity index (χ2n) is 5.72. The molecule has 0 spiro atoms. The Kier molecular flexibility index (Phi) is 5.75. The fourth-order valence-electron chi connectivity index (χ4n) is 2.50. The highest BCUT2D eigenvalue weighted by Gasteiger charge is 2.12. The molecule has 0 aliphatic carbocycles. The third-order valence-electron chi connectivity index (χ3n) is 3.86. The number of amides is 1. The molecule has 126 valence electrons. The molecule has 0 saturated heterocycles. The van der Waals surface area contributed by atoms with Gasteiger partial charge in [-0.05, 0) is 24.1 Å². The van der Waals surface area contributed by atoms with Crippen molar-refractivity contribution in [1.82, 2.24) is 5.32 Å². The van der Waals surface area contributed by atoms with E-state index in [4.69, 9.17) is 0 Å². The molecule has 2 aromatic carbocycles. The number of carbonyl (C=O) groups is 2. The number of benzene rings is 2. The number of nitrogens with one attached hydrogen (secondary N) is 1. The normalized spacial score (nSPS) is 10.4. The molecule has 0 aliphatic rings. The quantitative estimate of drug-likeness (QED) is 0.649. The van der Waals surface area contributed by atoms with Crippen LogP contribution in [0.1, 0.15) is 32.1 Å². The van der Waals surface area contributed by atoms with Crippen LogP contribution in [0.4, 0.5) is 0 Å². The van der Waals surface area contributed by atoms with Gasteiger partial charge in [0.25, 0.3) is 0 Å². The summed E-state index contributed by atoms with van der Waals surface area (Å²) in [5.41, 5.74) is 1.84. The van der Waals surface area contributed by atoms with Crippen molar-refractivity contribution in [3.8, 4) is 0 Å². The van der Waals surface area contributed by atoms with E-state index >= 15 is 0 Å². The van der Waals surface area contributed by atoms with Gasteiger partial charge in [0, 0.05) is 16.9 Å². The molecular weight excluding hydrogens is 330 g/mol. The zero-order valence-corrected chi connectivity index (χ0v) is 14.6. The summed E-state index contributed by atoms with van der Waals surface area (Å²) < 4.78 is 0. The second-order valence-corrected chi connectivity index (χ2v) is 6.89. The molecule has 0 bridgehead atoms. The van der Waals surface area contributed by atoms with Gasteiger partial charge in [0.15, 0.2) is 0 Å². The lowest BCUT2D eigenvalue weighted by Gasteiger charge is -2.04. The third kappa shape index (κ3) is 4.88. The topological polar surface area (TPSA) is 46.2 Å². The fraction of sp³-hybridized carbons (Fsp3) is 0.143. The van der Waals surface area contributed by atoms with Gasteiger partial charge in [0.2, 0.25) is 11.7 Å². The maximum atomic E-state index is 12.4. The second kappa shape index (κ2) is 8.40. The van der Waals surface area contributed by atoms with Crippen LogP contribution in [0.2, 0.25) is 0 Å². The lowest BCUT2D eigenvalue weighted by Crippen LogP contribution is -2.22. The van der Waals surface area contributed by atoms with E-state index in [1.165, 1.54) is 11.3 Å². The first-order valence-corrected chi connectivity index (χ1v) is 9.03. The van der Waals surface area contributed by atoms with Gasteiger partial charge in [-0.2, -0.15) is 0 Å². The minimum absolute atomic E-state index is 0.0206. The van der Waals surface area contributed by atoms with E-state index in [1.54, 1.807) is 0 Å². The summed E-state index contributed by atoms with van der Waals surface area (Å²) >= 11 is 1.43. The molecule has 3 aromatic rings. The number of ketones is 1. The summed E-state index contributed by atoms with van der Waals surface area (Å²) in [6.45, 7) is 0.459. The van der Waals surface area contributed by atoms with Gasteiger partial charge in [0.05, 0.1) is 11.4 Å². The summed E-state index contributed by atoms with van der Waals surface area (Å²) in [7, 11) is 0. The smallest absolute Gasteiger partial charge is 0.220 e. The molecule has 0 aliphatic heterocycles. The number of carbonyl (C=O) groups excluding carboxylic acids is 2. The van der Waals surface area contributed by atoms with Crippen molar-refractivity contribution in [2.24, 2.45) is 0 Å². The Bertz CT molecular complexity index is 841. The van der Waals surface area contributed by atoms with Crippen LogP contribution < -0.4 is 5.32 Å². The monoisotopic (exact) mass is 349 g/mol. The van der Waals surface area contributed by atoms with E-state index < -0.39 is 0 Å². The summed E-state index contributed by atoms with van der Waals surface area (Å²) in [6, 6.07) is 22.9. The highest BCUT2D eigenvalue weighted by molar-refractivity contribution is 7.14. The van der Waals surface area contributed by atoms with Crippen molar-refractivity contribution in [1.29, 1.82) is 0 Å². The molecule has 0 radical (unpaired) electrons. The molecule has 3 nitrogen and oxygen atoms in total. The first-order chi connectivity index (χ1) is 12.2. The minimum atomic E-state index is 0.0206. The Morgan fingerprint density at radius 1 is 0.840 bits per heavy atom. The summed E-state index contributed by atoms with van der Waals surface area (Å²) in [5.74, 6) is 0.0421. The van der Waals surface area contributed by atoms with Crippen LogP contribution in [-0.2, 0) is 17.8 Å². The van der Waals surface area contributed by atoms with Gasteiger partial charge in [-0.25, -0.2) is 0 Å². The molecule has 1 heterocycles. The molecule has 25 heavy (non-hydrogen) atoms. The van der Waals surface area contributed by atoms with E-state index in [0.29, 0.717) is 23.4 Å². The standard InChI is InChI=1S/C21H19NO2S/c23-20(14-11-16-7-3-1-4-8-16)22-15-18-12-13-19(25-18)21(24)17-9-5-2-6-10-17/h1-10,12-13H,11,14-15H2,(H,22,23). The zero-order valence-electron chi connectivity index (χ0n) is 13.8. The molecular formula is C21H19NO2S. The van der Waals surface area contributed by atoms with Crippen molar-refractivity contribution >= 4 is 23.0 Å². The average molecular weight is 349 g/mol. The zero-order chi connectivity index (χ0) is 17.5. The molecule has 4 heteroatoms. The lowest BCUT2D eigenvalue weighted by atomic mass is 10.1. The molecule has 0 fully saturated rings. The van der Waals surface area contributed by atoms with Crippen LogP contribution in [0.5, 0.6) is 0 Å². The van der Waals surface area contributed by atoms with Crippen LogP contribution in [0.3, 0.4) is 0 Å². The number of hydrogen-bond donors (Lipinski definition) is 1. The fourth-order valence-corrected chi connectivity index (χ4v) is 3.41. The lowest BCUT2D eigenvalue weighted by molar-refractivity contribution is -0.121. The number of hydrogen-bond acceptors (Lipinski definition) is 3. The number of rotatable bonds is 7. The van der Waals surface area contributed by atoms with Crippen molar-refractivity contribution < 1.29 is 9.59 Å². The van der Waals surface area contributed by atoms with Crippen molar-refractivity contribution in [3.05, 3.63) is 93.7 Å². The largest absolute Gasteiger partial charge is 0.351 e. The summed E-state index contributed by atoms with van der Waals surface area (Å²) in [5, 5.41) is 2.92. The maximum Gasteiger partial charge on any atom is 0.220 e. The molecule has 1 N–H and O–H groups in total. The van der Waals surface area contributed by atoms with E-state index in [9.17, 15) is 9.59 Å². The van der Waals surface area contributed by atoms with Crippen molar-refractivity contribution in [2.45, 2.75) is 19.4 Å². The number of aryl methyl sites for hydroxylation is 1. The molecule has 0 unspecified atom stereocenters. The predicted molar refractivity (Wildman–Crippen MR) is 101 cm³/mol. The Labute approximate surface area is 151 Å². The molecule has 0 atom stereocenters. The van der Waals surface area contributed by atoms with Crippen LogP contribution in [-0.4, -0.2) is 11.7 Å². The van der Waals surface area contributed by atoms with Crippen LogP contribution in [0.15, 0.2) is 72.8 Å². The van der Waals surface area contributed by atoms with Gasteiger partial charge in [-0.15, -0.1) is 11.3 Å². The molecule has 0 saturated carbocycles. The highest BCUT2D eigenvalue weighted by atomic mass is 32.1. The maximum absolute atomic E-state index is 12.4. The molecule has 1 aromatic heterocycles. The van der Waals surface area contributed by atoms with E-state index in [0.717, 1.165) is 16.9 Å². The third-order valence-corrected chi connectivity index (χ3v) is 4.95. The Hall–Kier alpha value is -2.72. The van der Waals surface area contributed by atoms with Crippen molar-refractivity contribution in [3.63, 3.8) is 0 Å².